The molecule has 1 atom stereocenters. The van der Waals surface area contributed by atoms with Gasteiger partial charge in [-0.25, -0.2) is 9.37 Å². The number of imidazole rings is 1. The molecule has 1 fully saturated rings. The molecule has 1 N–H and O–H groups in total. The van der Waals surface area contributed by atoms with Gasteiger partial charge in [0.2, 0.25) is 11.8 Å². The molecule has 160 valence electrons. The molecule has 0 bridgehead atoms. The Hall–Kier alpha value is -3.48. The quantitative estimate of drug-likeness (QED) is 0.665. The summed E-state index contributed by atoms with van der Waals surface area (Å²) in [4.78, 5) is 31.0. The van der Waals surface area contributed by atoms with E-state index in [0.717, 1.165) is 17.1 Å². The summed E-state index contributed by atoms with van der Waals surface area (Å²) in [5, 5.41) is 3.02. The summed E-state index contributed by atoms with van der Waals surface area (Å²) in [6, 6.07) is 14.3. The molecule has 2 amide bonds. The molecule has 0 radical (unpaired) electrons. The Morgan fingerprint density at radius 1 is 1.16 bits per heavy atom. The molecular formula is C24H25FN4O2. The maximum atomic E-state index is 14.0. The first-order valence-electron chi connectivity index (χ1n) is 10.4. The second kappa shape index (κ2) is 9.12. The van der Waals surface area contributed by atoms with Gasteiger partial charge in [0.15, 0.2) is 0 Å². The fourth-order valence-electron chi connectivity index (χ4n) is 3.97. The average Bonchev–Trinajstić information content (AvgIpc) is 3.21. The number of nitrogens with zero attached hydrogens (tertiary/aromatic N) is 3. The molecule has 2 aromatic carbocycles. The Morgan fingerprint density at radius 3 is 2.65 bits per heavy atom. The van der Waals surface area contributed by atoms with Crippen LogP contribution in [0.3, 0.4) is 0 Å². The lowest BCUT2D eigenvalue weighted by Gasteiger charge is -2.32. The van der Waals surface area contributed by atoms with Crippen LogP contribution in [0, 0.1) is 18.7 Å². The number of amides is 2. The molecule has 31 heavy (non-hydrogen) atoms. The van der Waals surface area contributed by atoms with Crippen molar-refractivity contribution in [2.24, 2.45) is 5.92 Å². The second-order valence-electron chi connectivity index (χ2n) is 7.79. The number of halogens is 1. The van der Waals surface area contributed by atoms with Gasteiger partial charge in [-0.2, -0.15) is 0 Å². The number of hydrogen-bond acceptors (Lipinski definition) is 3. The summed E-state index contributed by atoms with van der Waals surface area (Å²) in [7, 11) is 0. The first-order chi connectivity index (χ1) is 15.0. The molecule has 1 aliphatic heterocycles. The van der Waals surface area contributed by atoms with Gasteiger partial charge < -0.3 is 14.8 Å². The van der Waals surface area contributed by atoms with Crippen molar-refractivity contribution in [2.45, 2.75) is 32.9 Å². The van der Waals surface area contributed by atoms with E-state index in [2.05, 4.69) is 10.3 Å². The minimum atomic E-state index is -0.340. The van der Waals surface area contributed by atoms with Crippen LogP contribution in [0.2, 0.25) is 0 Å². The lowest BCUT2D eigenvalue weighted by Crippen LogP contribution is -2.45. The molecule has 2 heterocycles. The van der Waals surface area contributed by atoms with E-state index < -0.39 is 0 Å². The van der Waals surface area contributed by atoms with E-state index in [1.807, 2.05) is 42.0 Å². The van der Waals surface area contributed by atoms with E-state index in [-0.39, 0.29) is 36.5 Å². The van der Waals surface area contributed by atoms with Crippen LogP contribution in [0.1, 0.15) is 29.8 Å². The number of carbonyl (C=O) groups excluding carboxylic acids is 2. The number of aromatic nitrogens is 2. The third-order valence-electron chi connectivity index (χ3n) is 5.72. The van der Waals surface area contributed by atoms with Crippen molar-refractivity contribution in [3.63, 3.8) is 0 Å². The maximum absolute atomic E-state index is 14.0. The van der Waals surface area contributed by atoms with Gasteiger partial charge in [-0.05, 0) is 31.0 Å². The Labute approximate surface area is 180 Å². The van der Waals surface area contributed by atoms with Crippen molar-refractivity contribution < 1.29 is 14.0 Å². The van der Waals surface area contributed by atoms with Crippen molar-refractivity contribution in [3.8, 4) is 5.69 Å². The molecule has 1 aromatic heterocycles. The van der Waals surface area contributed by atoms with Gasteiger partial charge in [-0.3, -0.25) is 9.59 Å². The monoisotopic (exact) mass is 420 g/mol. The number of likely N-dealkylation sites (tertiary alicyclic amines) is 1. The molecule has 4 rings (SSSR count). The smallest absolute Gasteiger partial charge is 0.225 e. The molecule has 1 aliphatic rings. The standard InChI is InChI=1S/C24H25FN4O2/c1-17-26-12-13-29(17)22-9-5-3-6-18(22)14-27-24(31)20-10-11-23(30)28(16-20)15-19-7-2-4-8-21(19)25/h2-9,12-13,20H,10-11,14-16H2,1H3,(H,27,31)/t20-/m0/s1. The number of aryl methyl sites for hydroxylation is 1. The Bertz CT molecular complexity index is 1090. The third kappa shape index (κ3) is 4.66. The predicted molar refractivity (Wildman–Crippen MR) is 115 cm³/mol. The second-order valence-corrected chi connectivity index (χ2v) is 7.79. The SMILES string of the molecule is Cc1nccn1-c1ccccc1CNC(=O)[C@H]1CCC(=O)N(Cc2ccccc2F)C1. The van der Waals surface area contributed by atoms with Crippen LogP contribution in [-0.4, -0.2) is 32.8 Å². The number of hydrogen-bond donors (Lipinski definition) is 1. The Morgan fingerprint density at radius 2 is 1.90 bits per heavy atom. The highest BCUT2D eigenvalue weighted by atomic mass is 19.1. The first-order valence-corrected chi connectivity index (χ1v) is 10.4. The van der Waals surface area contributed by atoms with Crippen LogP contribution in [0.5, 0.6) is 0 Å². The fraction of sp³-hybridized carbons (Fsp3) is 0.292. The van der Waals surface area contributed by atoms with Crippen LogP contribution in [0.4, 0.5) is 4.39 Å². The van der Waals surface area contributed by atoms with Gasteiger partial charge >= 0.3 is 0 Å². The number of benzene rings is 2. The highest BCUT2D eigenvalue weighted by Crippen LogP contribution is 2.22. The van der Waals surface area contributed by atoms with E-state index in [4.69, 9.17) is 0 Å². The normalized spacial score (nSPS) is 16.4. The first kappa shape index (κ1) is 20.8. The van der Waals surface area contributed by atoms with Crippen molar-refractivity contribution in [3.05, 3.63) is 83.7 Å². The van der Waals surface area contributed by atoms with E-state index in [1.165, 1.54) is 6.07 Å². The van der Waals surface area contributed by atoms with Crippen LogP contribution >= 0.6 is 0 Å². The van der Waals surface area contributed by atoms with Gasteiger partial charge in [-0.15, -0.1) is 0 Å². The van der Waals surface area contributed by atoms with E-state index in [9.17, 15) is 14.0 Å². The zero-order valence-electron chi connectivity index (χ0n) is 17.4. The minimum absolute atomic E-state index is 0.0479. The topological polar surface area (TPSA) is 67.2 Å². The predicted octanol–water partition coefficient (Wildman–Crippen LogP) is 3.37. The molecule has 6 nitrogen and oxygen atoms in total. The largest absolute Gasteiger partial charge is 0.352 e. The molecule has 0 aliphatic carbocycles. The van der Waals surface area contributed by atoms with Gasteiger partial charge in [0.05, 0.1) is 11.6 Å². The van der Waals surface area contributed by atoms with Crippen LogP contribution < -0.4 is 5.32 Å². The molecule has 0 unspecified atom stereocenters. The third-order valence-corrected chi connectivity index (χ3v) is 5.72. The van der Waals surface area contributed by atoms with Gasteiger partial charge in [0.1, 0.15) is 11.6 Å². The minimum Gasteiger partial charge on any atom is -0.352 e. The molecular weight excluding hydrogens is 395 g/mol. The van der Waals surface area contributed by atoms with E-state index in [1.54, 1.807) is 29.3 Å². The molecule has 0 saturated carbocycles. The van der Waals surface area contributed by atoms with Crippen LogP contribution in [0.25, 0.3) is 5.69 Å². The van der Waals surface area contributed by atoms with Gasteiger partial charge in [-0.1, -0.05) is 36.4 Å². The summed E-state index contributed by atoms with van der Waals surface area (Å²) in [6.45, 7) is 2.78. The summed E-state index contributed by atoms with van der Waals surface area (Å²) in [6.07, 6.45) is 4.43. The zero-order valence-corrected chi connectivity index (χ0v) is 17.4. The van der Waals surface area contributed by atoms with Crippen LogP contribution in [0.15, 0.2) is 60.9 Å². The number of para-hydroxylation sites is 1. The lowest BCUT2D eigenvalue weighted by molar-refractivity contribution is -0.139. The van der Waals surface area contributed by atoms with Crippen molar-refractivity contribution in [1.82, 2.24) is 19.8 Å². The molecule has 0 spiro atoms. The molecule has 7 heteroatoms. The van der Waals surface area contributed by atoms with Crippen molar-refractivity contribution in [2.75, 3.05) is 6.54 Å². The fourth-order valence-corrected chi connectivity index (χ4v) is 3.97. The number of piperidine rings is 1. The maximum Gasteiger partial charge on any atom is 0.225 e. The van der Waals surface area contributed by atoms with Crippen molar-refractivity contribution >= 4 is 11.8 Å². The van der Waals surface area contributed by atoms with E-state index in [0.29, 0.717) is 25.1 Å². The number of carbonyl (C=O) groups is 2. The zero-order chi connectivity index (χ0) is 21.8. The summed E-state index contributed by atoms with van der Waals surface area (Å²) < 4.78 is 16.0. The summed E-state index contributed by atoms with van der Waals surface area (Å²) in [5.74, 6) is 0.0738. The highest BCUT2D eigenvalue weighted by Gasteiger charge is 2.30. The van der Waals surface area contributed by atoms with Crippen LogP contribution in [-0.2, 0) is 22.7 Å². The lowest BCUT2D eigenvalue weighted by atomic mass is 9.96. The van der Waals surface area contributed by atoms with E-state index >= 15 is 0 Å². The number of nitrogens with one attached hydrogen (secondary N) is 1. The summed E-state index contributed by atoms with van der Waals surface area (Å²) >= 11 is 0. The van der Waals surface area contributed by atoms with Gasteiger partial charge in [0.25, 0.3) is 0 Å². The molecule has 1 saturated heterocycles. The highest BCUT2D eigenvalue weighted by molar-refractivity contribution is 5.83. The number of rotatable bonds is 6. The van der Waals surface area contributed by atoms with Gasteiger partial charge in [0, 0.05) is 44.0 Å². The summed E-state index contributed by atoms with van der Waals surface area (Å²) in [5.41, 5.74) is 2.41. The molecule has 3 aromatic rings. The average molecular weight is 420 g/mol. The van der Waals surface area contributed by atoms with Crippen molar-refractivity contribution in [1.29, 1.82) is 0 Å². The Kier molecular flexibility index (Phi) is 6.11. The Balaban J connectivity index is 1.41.